The van der Waals surface area contributed by atoms with Crippen LogP contribution >= 0.6 is 0 Å². The van der Waals surface area contributed by atoms with Gasteiger partial charge in [0.2, 0.25) is 5.88 Å². The van der Waals surface area contributed by atoms with Crippen LogP contribution in [0.5, 0.6) is 11.6 Å². The number of amides is 1. The summed E-state index contributed by atoms with van der Waals surface area (Å²) in [6.45, 7) is 5.55. The van der Waals surface area contributed by atoms with Gasteiger partial charge in [0, 0.05) is 37.6 Å². The number of aryl methyl sites for hydroxylation is 1. The Hall–Kier alpha value is -4.15. The maximum atomic E-state index is 13.3. The summed E-state index contributed by atoms with van der Waals surface area (Å²) in [6.07, 6.45) is 8.66. The minimum atomic E-state index is -1.06. The smallest absolute Gasteiger partial charge is 0.263 e. The molecule has 0 spiro atoms. The number of hydrogen-bond acceptors (Lipinski definition) is 7. The van der Waals surface area contributed by atoms with Crippen molar-refractivity contribution in [2.45, 2.75) is 57.5 Å². The summed E-state index contributed by atoms with van der Waals surface area (Å²) >= 11 is 0. The van der Waals surface area contributed by atoms with E-state index < -0.39 is 11.7 Å². The monoisotopic (exact) mass is 583 g/mol. The van der Waals surface area contributed by atoms with Crippen molar-refractivity contribution in [1.82, 2.24) is 24.5 Å². The topological polar surface area (TPSA) is 104 Å². The molecule has 4 bridgehead atoms. The highest BCUT2D eigenvalue weighted by Crippen LogP contribution is 2.36. The number of benzene rings is 2. The first kappa shape index (κ1) is 27.7. The molecule has 1 N–H and O–H groups in total. The minimum Gasteiger partial charge on any atom is -0.480 e. The van der Waals surface area contributed by atoms with E-state index in [4.69, 9.17) is 19.3 Å². The molecule has 2 atom stereocenters. The first-order valence-corrected chi connectivity index (χ1v) is 15.1. The van der Waals surface area contributed by atoms with Gasteiger partial charge in [0.25, 0.3) is 5.91 Å². The van der Waals surface area contributed by atoms with Crippen LogP contribution in [0.4, 0.5) is 0 Å². The van der Waals surface area contributed by atoms with Gasteiger partial charge in [-0.15, -0.1) is 0 Å². The quantitative estimate of drug-likeness (QED) is 0.358. The highest BCUT2D eigenvalue weighted by atomic mass is 16.5. The SMILES string of the molecule is Cn1ncc2c1OCCN1CC[C@@H](Oc3cc(C(C)(C)O)ccc3/C=C/c3nn(C4CCCCO4)c4ccc-2cc34)C1=O. The molecule has 2 aromatic carbocycles. The van der Waals surface area contributed by atoms with E-state index in [9.17, 15) is 9.90 Å². The fourth-order valence-electron chi connectivity index (χ4n) is 6.16. The maximum absolute atomic E-state index is 13.3. The molecule has 0 saturated carbocycles. The van der Waals surface area contributed by atoms with Crippen LogP contribution in [0.15, 0.2) is 42.6 Å². The molecule has 10 heteroatoms. The standard InChI is InChI=1S/C33H37N5O5/c1-33(2,40)23-10-7-21-8-11-26-24-18-22(9-12-27(24)38(35-26)30-6-4-5-16-41-30)25-20-34-36(3)32(25)42-17-15-37-14-13-28(31(37)39)43-29(21)19-23/h7-12,18-20,28,30,40H,4-6,13-17H2,1-3H3/b11-8+/t28-,30?/m1/s1. The Morgan fingerprint density at radius 2 is 1.91 bits per heavy atom. The zero-order chi connectivity index (χ0) is 29.7. The van der Waals surface area contributed by atoms with E-state index in [1.165, 1.54) is 0 Å². The highest BCUT2D eigenvalue weighted by molar-refractivity contribution is 5.94. The van der Waals surface area contributed by atoms with Crippen molar-refractivity contribution in [1.29, 1.82) is 0 Å². The summed E-state index contributed by atoms with van der Waals surface area (Å²) in [7, 11) is 1.86. The summed E-state index contributed by atoms with van der Waals surface area (Å²) in [5, 5.41) is 21.2. The average molecular weight is 584 g/mol. The molecule has 7 rings (SSSR count). The van der Waals surface area contributed by atoms with Crippen molar-refractivity contribution < 1.29 is 24.1 Å². The van der Waals surface area contributed by atoms with Gasteiger partial charge >= 0.3 is 0 Å². The van der Waals surface area contributed by atoms with E-state index in [2.05, 4.69) is 23.3 Å². The van der Waals surface area contributed by atoms with Crippen LogP contribution < -0.4 is 9.47 Å². The Bertz CT molecular complexity index is 1710. The van der Waals surface area contributed by atoms with Crippen molar-refractivity contribution in [3.05, 3.63) is 59.4 Å². The second-order valence-corrected chi connectivity index (χ2v) is 12.1. The maximum Gasteiger partial charge on any atom is 0.263 e. The second-order valence-electron chi connectivity index (χ2n) is 12.1. The van der Waals surface area contributed by atoms with Gasteiger partial charge in [-0.05, 0) is 74.6 Å². The Morgan fingerprint density at radius 1 is 1.02 bits per heavy atom. The number of aromatic nitrogens is 4. The molecular formula is C33H37N5O5. The van der Waals surface area contributed by atoms with Crippen LogP contribution in [0.1, 0.15) is 62.6 Å². The fraction of sp³-hybridized carbons (Fsp3) is 0.424. The Morgan fingerprint density at radius 3 is 2.72 bits per heavy atom. The predicted octanol–water partition coefficient (Wildman–Crippen LogP) is 4.91. The number of hydrogen-bond donors (Lipinski definition) is 1. The number of nitrogens with zero attached hydrogens (tertiary/aromatic N) is 5. The zero-order valence-electron chi connectivity index (χ0n) is 24.8. The molecular weight excluding hydrogens is 546 g/mol. The zero-order valence-corrected chi connectivity index (χ0v) is 24.8. The summed E-state index contributed by atoms with van der Waals surface area (Å²) < 4.78 is 22.5. The number of rotatable bonds is 2. The number of fused-ring (bicyclic) bond motifs is 6. The summed E-state index contributed by atoms with van der Waals surface area (Å²) in [4.78, 5) is 15.1. The minimum absolute atomic E-state index is 0.0682. The molecule has 224 valence electrons. The summed E-state index contributed by atoms with van der Waals surface area (Å²) in [6, 6.07) is 12.0. The molecule has 3 aliphatic heterocycles. The lowest BCUT2D eigenvalue weighted by atomic mass is 9.96. The third-order valence-electron chi connectivity index (χ3n) is 8.62. The Kier molecular flexibility index (Phi) is 6.98. The van der Waals surface area contributed by atoms with Crippen LogP contribution in [0, 0.1) is 0 Å². The van der Waals surface area contributed by atoms with Gasteiger partial charge in [-0.1, -0.05) is 18.2 Å². The lowest BCUT2D eigenvalue weighted by Gasteiger charge is -2.23. The van der Waals surface area contributed by atoms with Gasteiger partial charge < -0.3 is 24.2 Å². The van der Waals surface area contributed by atoms with Crippen LogP contribution in [-0.2, 0) is 22.2 Å². The molecule has 3 aliphatic rings. The molecule has 10 nitrogen and oxygen atoms in total. The molecule has 2 saturated heterocycles. The van der Waals surface area contributed by atoms with Crippen molar-refractivity contribution in [2.75, 3.05) is 26.3 Å². The van der Waals surface area contributed by atoms with Gasteiger partial charge in [-0.3, -0.25) is 4.79 Å². The third kappa shape index (κ3) is 5.19. The lowest BCUT2D eigenvalue weighted by Crippen LogP contribution is -2.35. The molecule has 2 aromatic heterocycles. The van der Waals surface area contributed by atoms with Gasteiger partial charge in [-0.25, -0.2) is 9.36 Å². The van der Waals surface area contributed by atoms with E-state index in [1.54, 1.807) is 23.4 Å². The normalized spacial score (nSPS) is 21.7. The van der Waals surface area contributed by atoms with E-state index in [0.717, 1.165) is 59.2 Å². The van der Waals surface area contributed by atoms with Gasteiger partial charge in [0.1, 0.15) is 12.4 Å². The molecule has 1 amide bonds. The molecule has 1 unspecified atom stereocenters. The number of carbonyl (C=O) groups is 1. The molecule has 0 aliphatic carbocycles. The van der Waals surface area contributed by atoms with E-state index in [-0.39, 0.29) is 12.1 Å². The van der Waals surface area contributed by atoms with E-state index in [0.29, 0.717) is 43.3 Å². The Labute approximate surface area is 250 Å². The first-order valence-electron chi connectivity index (χ1n) is 15.1. The van der Waals surface area contributed by atoms with Gasteiger partial charge in [-0.2, -0.15) is 10.2 Å². The first-order chi connectivity index (χ1) is 20.8. The van der Waals surface area contributed by atoms with E-state index in [1.807, 2.05) is 48.3 Å². The summed E-state index contributed by atoms with van der Waals surface area (Å²) in [5.41, 5.74) is 4.08. The van der Waals surface area contributed by atoms with Crippen molar-refractivity contribution in [2.24, 2.45) is 7.05 Å². The van der Waals surface area contributed by atoms with Crippen LogP contribution in [0.25, 0.3) is 34.2 Å². The fourth-order valence-corrected chi connectivity index (χ4v) is 6.16. The lowest BCUT2D eigenvalue weighted by molar-refractivity contribution is -0.133. The van der Waals surface area contributed by atoms with E-state index >= 15 is 0 Å². The molecule has 43 heavy (non-hydrogen) atoms. The molecule has 0 radical (unpaired) electrons. The van der Waals surface area contributed by atoms with Crippen molar-refractivity contribution >= 4 is 29.0 Å². The largest absolute Gasteiger partial charge is 0.480 e. The van der Waals surface area contributed by atoms with Crippen LogP contribution in [-0.4, -0.2) is 67.9 Å². The molecule has 2 fully saturated rings. The van der Waals surface area contributed by atoms with Crippen LogP contribution in [0.2, 0.25) is 0 Å². The molecule has 4 aromatic rings. The third-order valence-corrected chi connectivity index (χ3v) is 8.62. The second kappa shape index (κ2) is 10.8. The van der Waals surface area contributed by atoms with Gasteiger partial charge in [0.15, 0.2) is 12.3 Å². The number of aliphatic hydroxyl groups is 1. The van der Waals surface area contributed by atoms with Crippen molar-refractivity contribution in [3.8, 4) is 22.8 Å². The van der Waals surface area contributed by atoms with Crippen LogP contribution in [0.3, 0.4) is 0 Å². The number of carbonyl (C=O) groups excluding carboxylic acids is 1. The average Bonchev–Trinajstić information content (AvgIpc) is 3.67. The van der Waals surface area contributed by atoms with Gasteiger partial charge in [0.05, 0.1) is 35.1 Å². The number of ether oxygens (including phenoxy) is 3. The summed E-state index contributed by atoms with van der Waals surface area (Å²) in [5.74, 6) is 1.13. The Balaban J connectivity index is 1.39. The molecule has 5 heterocycles. The van der Waals surface area contributed by atoms with Crippen molar-refractivity contribution in [3.63, 3.8) is 0 Å². The predicted molar refractivity (Wildman–Crippen MR) is 162 cm³/mol. The highest BCUT2D eigenvalue weighted by Gasteiger charge is 2.34.